The molecule has 2 aromatic heterocycles. The number of ether oxygens (including phenoxy) is 1. The SMILES string of the molecule is O=C(C=Cc1cccc2cccnc12)Oc1ccc(-c2nccs2)cc1. The van der Waals surface area contributed by atoms with Crippen molar-refractivity contribution in [1.82, 2.24) is 9.97 Å². The fourth-order valence-electron chi connectivity index (χ4n) is 2.60. The summed E-state index contributed by atoms with van der Waals surface area (Å²) < 4.78 is 5.36. The molecule has 2 aromatic carbocycles. The Bertz CT molecular complexity index is 1070. The van der Waals surface area contributed by atoms with Crippen molar-refractivity contribution in [3.63, 3.8) is 0 Å². The molecule has 0 saturated heterocycles. The molecule has 0 saturated carbocycles. The third-order valence-electron chi connectivity index (χ3n) is 3.81. The number of hydrogen-bond donors (Lipinski definition) is 0. The Balaban J connectivity index is 1.47. The monoisotopic (exact) mass is 358 g/mol. The predicted octanol–water partition coefficient (Wildman–Crippen LogP) is 4.98. The van der Waals surface area contributed by atoms with E-state index >= 15 is 0 Å². The quantitative estimate of drug-likeness (QED) is 0.293. The van der Waals surface area contributed by atoms with E-state index in [-0.39, 0.29) is 0 Å². The third-order valence-corrected chi connectivity index (χ3v) is 4.64. The molecule has 0 atom stereocenters. The summed E-state index contributed by atoms with van der Waals surface area (Å²) in [5.74, 6) is 0.0657. The van der Waals surface area contributed by atoms with Crippen molar-refractivity contribution in [3.8, 4) is 16.3 Å². The van der Waals surface area contributed by atoms with Gasteiger partial charge in [0.05, 0.1) is 5.52 Å². The maximum atomic E-state index is 12.1. The van der Waals surface area contributed by atoms with Gasteiger partial charge in [-0.1, -0.05) is 24.3 Å². The van der Waals surface area contributed by atoms with Crippen LogP contribution in [0.5, 0.6) is 5.75 Å². The summed E-state index contributed by atoms with van der Waals surface area (Å²) >= 11 is 1.57. The van der Waals surface area contributed by atoms with E-state index in [2.05, 4.69) is 9.97 Å². The topological polar surface area (TPSA) is 52.1 Å². The first kappa shape index (κ1) is 16.2. The van der Waals surface area contributed by atoms with E-state index in [1.165, 1.54) is 6.08 Å². The summed E-state index contributed by atoms with van der Waals surface area (Å²) in [6.45, 7) is 0. The van der Waals surface area contributed by atoms with Gasteiger partial charge in [0.15, 0.2) is 0 Å². The van der Waals surface area contributed by atoms with Gasteiger partial charge in [-0.3, -0.25) is 4.98 Å². The van der Waals surface area contributed by atoms with Gasteiger partial charge >= 0.3 is 5.97 Å². The number of benzene rings is 2. The zero-order chi connectivity index (χ0) is 17.8. The Morgan fingerprint density at radius 1 is 0.962 bits per heavy atom. The highest BCUT2D eigenvalue weighted by Crippen LogP contribution is 2.24. The molecule has 0 amide bonds. The number of rotatable bonds is 4. The molecule has 0 unspecified atom stereocenters. The maximum Gasteiger partial charge on any atom is 0.336 e. The first-order valence-corrected chi connectivity index (χ1v) is 8.91. The number of carbonyl (C=O) groups excluding carboxylic acids is 1. The van der Waals surface area contributed by atoms with E-state index in [0.29, 0.717) is 5.75 Å². The van der Waals surface area contributed by atoms with Crippen LogP contribution >= 0.6 is 11.3 Å². The van der Waals surface area contributed by atoms with Gasteiger partial charge in [0.1, 0.15) is 10.8 Å². The minimum atomic E-state index is -0.431. The lowest BCUT2D eigenvalue weighted by molar-refractivity contribution is -0.128. The maximum absolute atomic E-state index is 12.1. The van der Waals surface area contributed by atoms with Crippen LogP contribution < -0.4 is 4.74 Å². The molecule has 0 radical (unpaired) electrons. The lowest BCUT2D eigenvalue weighted by atomic mass is 10.1. The minimum Gasteiger partial charge on any atom is -0.423 e. The van der Waals surface area contributed by atoms with Crippen LogP contribution in [0.3, 0.4) is 0 Å². The molecule has 4 rings (SSSR count). The fraction of sp³-hybridized carbons (Fsp3) is 0. The second-order valence-electron chi connectivity index (χ2n) is 5.54. The number of carbonyl (C=O) groups is 1. The van der Waals surface area contributed by atoms with Crippen LogP contribution in [0, 0.1) is 0 Å². The second kappa shape index (κ2) is 7.29. The van der Waals surface area contributed by atoms with Crippen LogP contribution in [0.4, 0.5) is 0 Å². The molecule has 0 aliphatic rings. The Labute approximate surface area is 154 Å². The smallest absolute Gasteiger partial charge is 0.336 e. The van der Waals surface area contributed by atoms with E-state index in [4.69, 9.17) is 4.74 Å². The van der Waals surface area contributed by atoms with Gasteiger partial charge in [0.25, 0.3) is 0 Å². The zero-order valence-corrected chi connectivity index (χ0v) is 14.5. The molecule has 0 spiro atoms. The Kier molecular flexibility index (Phi) is 4.53. The highest BCUT2D eigenvalue weighted by atomic mass is 32.1. The predicted molar refractivity (Wildman–Crippen MR) is 104 cm³/mol. The van der Waals surface area contributed by atoms with Crippen molar-refractivity contribution in [3.05, 3.63) is 84.0 Å². The molecule has 0 aliphatic heterocycles. The van der Waals surface area contributed by atoms with Crippen molar-refractivity contribution in [2.45, 2.75) is 0 Å². The van der Waals surface area contributed by atoms with Crippen LogP contribution in [-0.2, 0) is 4.79 Å². The van der Waals surface area contributed by atoms with Crippen LogP contribution in [0.2, 0.25) is 0 Å². The lowest BCUT2D eigenvalue weighted by Gasteiger charge is -2.03. The normalized spacial score (nSPS) is 11.1. The summed E-state index contributed by atoms with van der Waals surface area (Å²) in [6, 6.07) is 17.0. The molecule has 5 heteroatoms. The minimum absolute atomic E-state index is 0.431. The van der Waals surface area contributed by atoms with E-state index in [1.807, 2.05) is 47.8 Å². The molecule has 4 aromatic rings. The van der Waals surface area contributed by atoms with Crippen molar-refractivity contribution in [2.24, 2.45) is 0 Å². The molecule has 26 heavy (non-hydrogen) atoms. The molecule has 2 heterocycles. The standard InChI is InChI=1S/C21H14N2O2S/c24-19(11-8-16-4-1-3-15-5-2-12-22-20(15)16)25-18-9-6-17(7-10-18)21-23-13-14-26-21/h1-14H. The van der Waals surface area contributed by atoms with Crippen LogP contribution in [0.1, 0.15) is 5.56 Å². The van der Waals surface area contributed by atoms with Gasteiger partial charge in [0, 0.05) is 40.4 Å². The molecule has 0 fully saturated rings. The number of para-hydroxylation sites is 1. The Morgan fingerprint density at radius 3 is 2.62 bits per heavy atom. The summed E-state index contributed by atoms with van der Waals surface area (Å²) in [4.78, 5) is 20.7. The first-order chi connectivity index (χ1) is 12.8. The van der Waals surface area contributed by atoms with Gasteiger partial charge in [-0.15, -0.1) is 11.3 Å². The van der Waals surface area contributed by atoms with E-state index in [0.717, 1.165) is 27.0 Å². The molecular weight excluding hydrogens is 344 g/mol. The number of aromatic nitrogens is 2. The average Bonchev–Trinajstić information content (AvgIpc) is 3.22. The zero-order valence-electron chi connectivity index (χ0n) is 13.7. The number of nitrogens with zero attached hydrogens (tertiary/aromatic N) is 2. The van der Waals surface area contributed by atoms with Crippen molar-refractivity contribution < 1.29 is 9.53 Å². The lowest BCUT2D eigenvalue weighted by Crippen LogP contribution is -2.03. The summed E-state index contributed by atoms with van der Waals surface area (Å²) in [6.07, 6.45) is 6.64. The molecule has 0 aliphatic carbocycles. The highest BCUT2D eigenvalue weighted by molar-refractivity contribution is 7.13. The number of hydrogen-bond acceptors (Lipinski definition) is 5. The van der Waals surface area contributed by atoms with Crippen molar-refractivity contribution in [1.29, 1.82) is 0 Å². The van der Waals surface area contributed by atoms with Crippen molar-refractivity contribution >= 4 is 34.3 Å². The van der Waals surface area contributed by atoms with Crippen molar-refractivity contribution in [2.75, 3.05) is 0 Å². The Hall–Kier alpha value is -3.31. The molecular formula is C21H14N2O2S. The molecule has 0 N–H and O–H groups in total. The van der Waals surface area contributed by atoms with E-state index in [1.54, 1.807) is 41.9 Å². The van der Waals surface area contributed by atoms with Gasteiger partial charge in [-0.05, 0) is 36.4 Å². The largest absolute Gasteiger partial charge is 0.423 e. The summed E-state index contributed by atoms with van der Waals surface area (Å²) in [7, 11) is 0. The average molecular weight is 358 g/mol. The molecule has 126 valence electrons. The number of fused-ring (bicyclic) bond motifs is 1. The highest BCUT2D eigenvalue weighted by Gasteiger charge is 2.04. The van der Waals surface area contributed by atoms with Crippen LogP contribution in [0.15, 0.2) is 78.4 Å². The second-order valence-corrected chi connectivity index (χ2v) is 6.43. The van der Waals surface area contributed by atoms with E-state index < -0.39 is 5.97 Å². The van der Waals surface area contributed by atoms with Gasteiger partial charge in [-0.25, -0.2) is 9.78 Å². The third kappa shape index (κ3) is 3.53. The van der Waals surface area contributed by atoms with E-state index in [9.17, 15) is 4.79 Å². The van der Waals surface area contributed by atoms with Crippen LogP contribution in [0.25, 0.3) is 27.6 Å². The van der Waals surface area contributed by atoms with Gasteiger partial charge in [0.2, 0.25) is 0 Å². The number of thiazole rings is 1. The molecule has 4 nitrogen and oxygen atoms in total. The first-order valence-electron chi connectivity index (χ1n) is 8.03. The number of esters is 1. The Morgan fingerprint density at radius 2 is 1.81 bits per heavy atom. The molecule has 0 bridgehead atoms. The van der Waals surface area contributed by atoms with Gasteiger partial charge < -0.3 is 4.74 Å². The summed E-state index contributed by atoms with van der Waals surface area (Å²) in [5.41, 5.74) is 2.73. The number of pyridine rings is 1. The fourth-order valence-corrected chi connectivity index (χ4v) is 3.25. The van der Waals surface area contributed by atoms with Crippen LogP contribution in [-0.4, -0.2) is 15.9 Å². The van der Waals surface area contributed by atoms with Gasteiger partial charge in [-0.2, -0.15) is 0 Å². The summed E-state index contributed by atoms with van der Waals surface area (Å²) in [5, 5.41) is 3.89.